The summed E-state index contributed by atoms with van der Waals surface area (Å²) >= 11 is 0. The van der Waals surface area contributed by atoms with Crippen molar-refractivity contribution in [3.63, 3.8) is 0 Å². The standard InChI is InChI=1S/C13H16N4O2/c1-17-8-11-4-3-10(7-12(11)16-17)13(19)15-6-2-5-14-9-18/h3-4,7-9H,2,5-6H2,1H3,(H,14,18)(H,15,19). The lowest BCUT2D eigenvalue weighted by Gasteiger charge is -2.04. The van der Waals surface area contributed by atoms with Crippen molar-refractivity contribution in [2.75, 3.05) is 13.1 Å². The molecule has 0 unspecified atom stereocenters. The van der Waals surface area contributed by atoms with Gasteiger partial charge in [0.1, 0.15) is 0 Å². The molecule has 0 saturated heterocycles. The van der Waals surface area contributed by atoms with Crippen LogP contribution in [0.3, 0.4) is 0 Å². The average molecular weight is 260 g/mol. The lowest BCUT2D eigenvalue weighted by molar-refractivity contribution is -0.109. The van der Waals surface area contributed by atoms with Crippen molar-refractivity contribution in [1.29, 1.82) is 0 Å². The molecule has 2 aromatic rings. The van der Waals surface area contributed by atoms with Gasteiger partial charge in [-0.25, -0.2) is 0 Å². The monoisotopic (exact) mass is 260 g/mol. The molecule has 0 fully saturated rings. The lowest BCUT2D eigenvalue weighted by Crippen LogP contribution is -2.27. The zero-order valence-electron chi connectivity index (χ0n) is 10.7. The Hall–Kier alpha value is -2.37. The molecule has 6 nitrogen and oxygen atoms in total. The van der Waals surface area contributed by atoms with Gasteiger partial charge in [-0.05, 0) is 18.6 Å². The molecule has 0 aliphatic rings. The highest BCUT2D eigenvalue weighted by Gasteiger charge is 2.07. The summed E-state index contributed by atoms with van der Waals surface area (Å²) in [4.78, 5) is 21.9. The van der Waals surface area contributed by atoms with E-state index in [0.29, 0.717) is 31.5 Å². The summed E-state index contributed by atoms with van der Waals surface area (Å²) in [5.41, 5.74) is 1.40. The van der Waals surface area contributed by atoms with Gasteiger partial charge in [-0.2, -0.15) is 5.10 Å². The van der Waals surface area contributed by atoms with E-state index < -0.39 is 0 Å². The van der Waals surface area contributed by atoms with Crippen molar-refractivity contribution < 1.29 is 9.59 Å². The Bertz CT molecular complexity index is 591. The van der Waals surface area contributed by atoms with E-state index in [2.05, 4.69) is 15.7 Å². The molecule has 2 rings (SSSR count). The molecule has 0 radical (unpaired) electrons. The van der Waals surface area contributed by atoms with Crippen LogP contribution in [0.15, 0.2) is 24.4 Å². The van der Waals surface area contributed by atoms with Gasteiger partial charge < -0.3 is 10.6 Å². The van der Waals surface area contributed by atoms with E-state index in [1.165, 1.54) is 0 Å². The first-order chi connectivity index (χ1) is 9.20. The summed E-state index contributed by atoms with van der Waals surface area (Å²) in [7, 11) is 1.85. The van der Waals surface area contributed by atoms with Gasteiger partial charge in [0.15, 0.2) is 0 Å². The molecule has 0 spiro atoms. The molecule has 0 aliphatic carbocycles. The largest absolute Gasteiger partial charge is 0.359 e. The fourth-order valence-electron chi connectivity index (χ4n) is 1.83. The van der Waals surface area contributed by atoms with Gasteiger partial charge in [0.05, 0.1) is 5.52 Å². The number of nitrogens with zero attached hydrogens (tertiary/aromatic N) is 2. The topological polar surface area (TPSA) is 76.0 Å². The molecule has 0 saturated carbocycles. The van der Waals surface area contributed by atoms with Crippen molar-refractivity contribution >= 4 is 23.2 Å². The van der Waals surface area contributed by atoms with Crippen molar-refractivity contribution in [3.05, 3.63) is 30.0 Å². The highest BCUT2D eigenvalue weighted by Crippen LogP contribution is 2.13. The van der Waals surface area contributed by atoms with Gasteiger partial charge in [0.2, 0.25) is 6.41 Å². The molecule has 2 amide bonds. The quantitative estimate of drug-likeness (QED) is 0.584. The van der Waals surface area contributed by atoms with E-state index in [0.717, 1.165) is 10.9 Å². The minimum atomic E-state index is -0.126. The maximum atomic E-state index is 11.9. The Morgan fingerprint density at radius 3 is 3.05 bits per heavy atom. The van der Waals surface area contributed by atoms with Gasteiger partial charge in [0.25, 0.3) is 5.91 Å². The molecule has 6 heteroatoms. The third-order valence-corrected chi connectivity index (χ3v) is 2.75. The zero-order chi connectivity index (χ0) is 13.7. The van der Waals surface area contributed by atoms with Crippen LogP contribution in [0.5, 0.6) is 0 Å². The maximum Gasteiger partial charge on any atom is 0.251 e. The Balaban J connectivity index is 1.95. The van der Waals surface area contributed by atoms with Gasteiger partial charge in [0, 0.05) is 37.3 Å². The lowest BCUT2D eigenvalue weighted by atomic mass is 10.1. The number of hydrogen-bond acceptors (Lipinski definition) is 3. The predicted molar refractivity (Wildman–Crippen MR) is 71.7 cm³/mol. The minimum Gasteiger partial charge on any atom is -0.359 e. The smallest absolute Gasteiger partial charge is 0.251 e. The van der Waals surface area contributed by atoms with Crippen LogP contribution in [0.1, 0.15) is 16.8 Å². The number of aromatic nitrogens is 2. The third-order valence-electron chi connectivity index (χ3n) is 2.75. The molecule has 1 heterocycles. The molecule has 0 bridgehead atoms. The second kappa shape index (κ2) is 5.99. The van der Waals surface area contributed by atoms with Crippen molar-refractivity contribution in [3.8, 4) is 0 Å². The molecule has 100 valence electrons. The Morgan fingerprint density at radius 1 is 1.42 bits per heavy atom. The first-order valence-electron chi connectivity index (χ1n) is 6.09. The molecular formula is C13H16N4O2. The second-order valence-electron chi connectivity index (χ2n) is 4.26. The van der Waals surface area contributed by atoms with Crippen LogP contribution < -0.4 is 10.6 Å². The van der Waals surface area contributed by atoms with E-state index in [4.69, 9.17) is 0 Å². The highest BCUT2D eigenvalue weighted by molar-refractivity contribution is 5.97. The number of nitrogens with one attached hydrogen (secondary N) is 2. The Kier molecular flexibility index (Phi) is 4.12. The molecule has 1 aromatic heterocycles. The number of hydrogen-bond donors (Lipinski definition) is 2. The summed E-state index contributed by atoms with van der Waals surface area (Å²) in [5, 5.41) is 10.6. The number of amides is 2. The van der Waals surface area contributed by atoms with E-state index >= 15 is 0 Å². The van der Waals surface area contributed by atoms with Gasteiger partial charge in [-0.15, -0.1) is 0 Å². The van der Waals surface area contributed by atoms with Crippen LogP contribution in [0, 0.1) is 0 Å². The summed E-state index contributed by atoms with van der Waals surface area (Å²) in [6.07, 6.45) is 3.26. The number of benzene rings is 1. The van der Waals surface area contributed by atoms with Crippen LogP contribution in [0.2, 0.25) is 0 Å². The first-order valence-corrected chi connectivity index (χ1v) is 6.09. The van der Waals surface area contributed by atoms with Crippen LogP contribution in [-0.2, 0) is 11.8 Å². The highest BCUT2D eigenvalue weighted by atomic mass is 16.1. The van der Waals surface area contributed by atoms with E-state index in [1.807, 2.05) is 19.3 Å². The van der Waals surface area contributed by atoms with E-state index in [-0.39, 0.29) is 5.91 Å². The number of aryl methyl sites for hydroxylation is 1. The summed E-state index contributed by atoms with van der Waals surface area (Å²) < 4.78 is 1.72. The molecule has 0 atom stereocenters. The first kappa shape index (κ1) is 13.1. The number of carbonyl (C=O) groups is 2. The Labute approximate surface area is 110 Å². The van der Waals surface area contributed by atoms with Gasteiger partial charge in [-0.3, -0.25) is 14.3 Å². The van der Waals surface area contributed by atoms with Crippen molar-refractivity contribution in [1.82, 2.24) is 20.4 Å². The molecule has 0 aliphatic heterocycles. The second-order valence-corrected chi connectivity index (χ2v) is 4.26. The summed E-state index contributed by atoms with van der Waals surface area (Å²) in [5.74, 6) is -0.126. The number of fused-ring (bicyclic) bond motifs is 1. The Morgan fingerprint density at radius 2 is 2.26 bits per heavy atom. The molecule has 19 heavy (non-hydrogen) atoms. The normalized spacial score (nSPS) is 10.4. The predicted octanol–water partition coefficient (Wildman–Crippen LogP) is 0.439. The van der Waals surface area contributed by atoms with Crippen molar-refractivity contribution in [2.24, 2.45) is 7.05 Å². The van der Waals surface area contributed by atoms with E-state index in [1.54, 1.807) is 16.8 Å². The summed E-state index contributed by atoms with van der Waals surface area (Å²) in [6, 6.07) is 5.43. The van der Waals surface area contributed by atoms with Gasteiger partial charge >= 0.3 is 0 Å². The van der Waals surface area contributed by atoms with Crippen LogP contribution in [-0.4, -0.2) is 35.2 Å². The maximum absolute atomic E-state index is 11.9. The summed E-state index contributed by atoms with van der Waals surface area (Å²) in [6.45, 7) is 1.09. The minimum absolute atomic E-state index is 0.126. The fraction of sp³-hybridized carbons (Fsp3) is 0.308. The number of rotatable bonds is 6. The number of carbonyl (C=O) groups excluding carboxylic acids is 2. The average Bonchev–Trinajstić information content (AvgIpc) is 2.77. The third kappa shape index (κ3) is 3.31. The van der Waals surface area contributed by atoms with E-state index in [9.17, 15) is 9.59 Å². The fourth-order valence-corrected chi connectivity index (χ4v) is 1.83. The zero-order valence-corrected chi connectivity index (χ0v) is 10.7. The van der Waals surface area contributed by atoms with Gasteiger partial charge in [-0.1, -0.05) is 6.07 Å². The molecule has 2 N–H and O–H groups in total. The van der Waals surface area contributed by atoms with Crippen LogP contribution in [0.25, 0.3) is 10.9 Å². The van der Waals surface area contributed by atoms with Crippen molar-refractivity contribution in [2.45, 2.75) is 6.42 Å². The molecule has 1 aromatic carbocycles. The van der Waals surface area contributed by atoms with Crippen LogP contribution >= 0.6 is 0 Å². The SMILES string of the molecule is Cn1cc2ccc(C(=O)NCCCNC=O)cc2n1. The van der Waals surface area contributed by atoms with Crippen LogP contribution in [0.4, 0.5) is 0 Å². The molecular weight excluding hydrogens is 244 g/mol.